The van der Waals surface area contributed by atoms with E-state index in [0.717, 1.165) is 27.7 Å². The Balaban J connectivity index is 1.99. The molecule has 0 spiro atoms. The van der Waals surface area contributed by atoms with Crippen molar-refractivity contribution in [3.63, 3.8) is 0 Å². The van der Waals surface area contributed by atoms with Crippen LogP contribution in [0.3, 0.4) is 0 Å². The van der Waals surface area contributed by atoms with Crippen LogP contribution in [0, 0.1) is 17.8 Å². The first-order valence-electron chi connectivity index (χ1n) is 13.3. The summed E-state index contributed by atoms with van der Waals surface area (Å²) >= 11 is 0. The van der Waals surface area contributed by atoms with Crippen molar-refractivity contribution in [2.24, 2.45) is 17.8 Å². The number of ether oxygens (including phenoxy) is 9. The first kappa shape index (κ1) is 32.8. The highest BCUT2D eigenvalue weighted by Gasteiger charge is 2.59. The number of carbonyl (C=O) groups excluding carboxylic acids is 6. The van der Waals surface area contributed by atoms with Crippen LogP contribution < -0.4 is 0 Å². The molecule has 1 saturated heterocycles. The summed E-state index contributed by atoms with van der Waals surface area (Å²) in [4.78, 5) is 71.6. The van der Waals surface area contributed by atoms with E-state index in [0.29, 0.717) is 0 Å². The number of hydrogen-bond donors (Lipinski definition) is 0. The molecule has 0 N–H and O–H groups in total. The molecule has 0 radical (unpaired) electrons. The second kappa shape index (κ2) is 14.0. The van der Waals surface area contributed by atoms with Crippen LogP contribution in [-0.4, -0.2) is 91.6 Å². The average Bonchev–Trinajstić information content (AvgIpc) is 3.11. The Labute approximate surface area is 242 Å². The van der Waals surface area contributed by atoms with Gasteiger partial charge in [-0.3, -0.25) is 28.8 Å². The fourth-order valence-corrected chi connectivity index (χ4v) is 5.53. The van der Waals surface area contributed by atoms with E-state index < -0.39 is 109 Å². The summed E-state index contributed by atoms with van der Waals surface area (Å²) in [5.74, 6) is -5.75. The molecular formula is C27H36O15. The van der Waals surface area contributed by atoms with Crippen LogP contribution in [0.25, 0.3) is 0 Å². The number of carbonyl (C=O) groups is 6. The fraction of sp³-hybridized carbons (Fsp3) is 0.704. The number of hydrogen-bond acceptors (Lipinski definition) is 15. The lowest BCUT2D eigenvalue weighted by Gasteiger charge is -2.45. The van der Waals surface area contributed by atoms with Crippen molar-refractivity contribution in [2.45, 2.75) is 97.7 Å². The Morgan fingerprint density at radius 2 is 1.12 bits per heavy atom. The van der Waals surface area contributed by atoms with E-state index in [-0.39, 0.29) is 0 Å². The van der Waals surface area contributed by atoms with Crippen molar-refractivity contribution in [2.75, 3.05) is 6.61 Å². The minimum atomic E-state index is -1.50. The lowest BCUT2D eigenvalue weighted by molar-refractivity contribution is -0.345. The van der Waals surface area contributed by atoms with Crippen LogP contribution in [0.5, 0.6) is 0 Å². The van der Waals surface area contributed by atoms with E-state index in [1.807, 2.05) is 0 Å². The summed E-state index contributed by atoms with van der Waals surface area (Å²) in [5, 5.41) is 0. The van der Waals surface area contributed by atoms with Crippen LogP contribution in [-0.2, 0) is 71.4 Å². The molecule has 3 rings (SSSR count). The van der Waals surface area contributed by atoms with E-state index in [2.05, 4.69) is 0 Å². The summed E-state index contributed by atoms with van der Waals surface area (Å²) < 4.78 is 50.4. The molecule has 1 saturated carbocycles. The second-order valence-corrected chi connectivity index (χ2v) is 10.2. The van der Waals surface area contributed by atoms with E-state index in [1.165, 1.54) is 20.1 Å². The van der Waals surface area contributed by atoms with Crippen LogP contribution in [0.2, 0.25) is 0 Å². The van der Waals surface area contributed by atoms with Crippen LogP contribution in [0.1, 0.15) is 48.5 Å². The van der Waals surface area contributed by atoms with Gasteiger partial charge < -0.3 is 42.6 Å². The molecule has 0 aromatic rings. The third-order valence-corrected chi connectivity index (χ3v) is 6.92. The smallest absolute Gasteiger partial charge is 0.303 e. The second-order valence-electron chi connectivity index (χ2n) is 10.2. The number of fused-ring (bicyclic) bond motifs is 1. The summed E-state index contributed by atoms with van der Waals surface area (Å²) in [6.07, 6.45) is -6.84. The summed E-state index contributed by atoms with van der Waals surface area (Å²) in [7, 11) is 0. The first-order chi connectivity index (χ1) is 19.7. The Morgan fingerprint density at radius 3 is 1.67 bits per heavy atom. The van der Waals surface area contributed by atoms with Crippen molar-refractivity contribution >= 4 is 35.8 Å². The van der Waals surface area contributed by atoms with Gasteiger partial charge in [-0.05, 0) is 6.08 Å². The Hall–Kier alpha value is -3.72. The standard InChI is InChI=1S/C27H36O15/c1-11-20-18(22(37-14(4)30)21(11)36-13(3)29)8-9-34-26(20)42-27-25(40-17(7)33)24(39-16(6)32)23(38-15(5)31)19(41-27)10-35-12(2)28/h8-9,11,18-27H,10H2,1-7H3. The third-order valence-electron chi connectivity index (χ3n) is 6.92. The largest absolute Gasteiger partial charge is 0.472 e. The molecule has 11 atom stereocenters. The van der Waals surface area contributed by atoms with Gasteiger partial charge in [0.25, 0.3) is 0 Å². The maximum absolute atomic E-state index is 12.1. The molecule has 2 aliphatic heterocycles. The average molecular weight is 601 g/mol. The van der Waals surface area contributed by atoms with Crippen molar-refractivity contribution in [1.82, 2.24) is 0 Å². The summed E-state index contributed by atoms with van der Waals surface area (Å²) in [5.41, 5.74) is 0. The third kappa shape index (κ3) is 7.97. The molecule has 2 fully saturated rings. The Bertz CT molecular complexity index is 1090. The molecule has 15 nitrogen and oxygen atoms in total. The maximum atomic E-state index is 12.1. The number of rotatable bonds is 9. The van der Waals surface area contributed by atoms with Crippen molar-refractivity contribution in [3.05, 3.63) is 12.3 Å². The molecule has 1 aliphatic carbocycles. The molecule has 0 amide bonds. The quantitative estimate of drug-likeness (QED) is 0.266. The van der Waals surface area contributed by atoms with Gasteiger partial charge in [-0.25, -0.2) is 0 Å². The first-order valence-corrected chi connectivity index (χ1v) is 13.3. The van der Waals surface area contributed by atoms with Gasteiger partial charge >= 0.3 is 35.8 Å². The van der Waals surface area contributed by atoms with Gasteiger partial charge in [-0.2, -0.15) is 0 Å². The van der Waals surface area contributed by atoms with Crippen LogP contribution in [0.4, 0.5) is 0 Å². The predicted octanol–water partition coefficient (Wildman–Crippen LogP) is 0.702. The van der Waals surface area contributed by atoms with Gasteiger partial charge in [0, 0.05) is 59.3 Å². The highest BCUT2D eigenvalue weighted by molar-refractivity contribution is 5.69. The molecule has 0 aromatic heterocycles. The van der Waals surface area contributed by atoms with Crippen LogP contribution in [0.15, 0.2) is 12.3 Å². The molecule has 42 heavy (non-hydrogen) atoms. The highest BCUT2D eigenvalue weighted by atomic mass is 16.8. The maximum Gasteiger partial charge on any atom is 0.303 e. The fourth-order valence-electron chi connectivity index (χ4n) is 5.53. The summed E-state index contributed by atoms with van der Waals surface area (Å²) in [6, 6.07) is 0. The van der Waals surface area contributed by atoms with Gasteiger partial charge in [-0.1, -0.05) is 6.92 Å². The predicted molar refractivity (Wildman–Crippen MR) is 134 cm³/mol. The van der Waals surface area contributed by atoms with E-state index in [4.69, 9.17) is 42.6 Å². The monoisotopic (exact) mass is 600 g/mol. The minimum Gasteiger partial charge on any atom is -0.472 e. The van der Waals surface area contributed by atoms with Crippen molar-refractivity contribution in [3.8, 4) is 0 Å². The topological polar surface area (TPSA) is 185 Å². The van der Waals surface area contributed by atoms with Gasteiger partial charge in [0.2, 0.25) is 12.6 Å². The molecule has 11 unspecified atom stereocenters. The molecule has 0 aromatic carbocycles. The summed E-state index contributed by atoms with van der Waals surface area (Å²) in [6.45, 7) is 8.28. The lowest BCUT2D eigenvalue weighted by Crippen LogP contribution is -2.63. The minimum absolute atomic E-state index is 0.436. The van der Waals surface area contributed by atoms with Crippen molar-refractivity contribution < 1.29 is 71.4 Å². The zero-order valence-electron chi connectivity index (χ0n) is 24.3. The molecule has 234 valence electrons. The molecular weight excluding hydrogens is 564 g/mol. The lowest BCUT2D eigenvalue weighted by atomic mass is 9.87. The van der Waals surface area contributed by atoms with E-state index in [9.17, 15) is 28.8 Å². The van der Waals surface area contributed by atoms with E-state index in [1.54, 1.807) is 13.0 Å². The SMILES string of the molecule is CC(=O)OCC1OC(OC2OC=CC3C(OC(C)=O)C(OC(C)=O)C(C)C23)C(OC(C)=O)C(OC(C)=O)C1OC(C)=O. The van der Waals surface area contributed by atoms with Crippen LogP contribution >= 0.6 is 0 Å². The van der Waals surface area contributed by atoms with Gasteiger partial charge in [0.1, 0.15) is 24.9 Å². The molecule has 2 heterocycles. The number of esters is 6. The molecule has 15 heteroatoms. The van der Waals surface area contributed by atoms with Gasteiger partial charge in [-0.15, -0.1) is 0 Å². The normalized spacial score (nSPS) is 35.1. The van der Waals surface area contributed by atoms with Gasteiger partial charge in [0.05, 0.1) is 6.26 Å². The van der Waals surface area contributed by atoms with Gasteiger partial charge in [0.15, 0.2) is 18.3 Å². The van der Waals surface area contributed by atoms with E-state index >= 15 is 0 Å². The Kier molecular flexibility index (Phi) is 10.9. The molecule has 3 aliphatic rings. The zero-order chi connectivity index (χ0) is 31.3. The highest BCUT2D eigenvalue weighted by Crippen LogP contribution is 2.47. The zero-order valence-corrected chi connectivity index (χ0v) is 24.3. The Morgan fingerprint density at radius 1 is 0.619 bits per heavy atom. The molecule has 0 bridgehead atoms. The van der Waals surface area contributed by atoms with Crippen molar-refractivity contribution in [1.29, 1.82) is 0 Å².